The van der Waals surface area contributed by atoms with Gasteiger partial charge in [-0.1, -0.05) is 20.8 Å². The minimum Gasteiger partial charge on any atom is -0.393 e. The Morgan fingerprint density at radius 3 is 2.65 bits per heavy atom. The van der Waals surface area contributed by atoms with Crippen molar-refractivity contribution in [3.05, 3.63) is 0 Å². The monoisotopic (exact) mass is 242 g/mol. The first-order valence-corrected chi connectivity index (χ1v) is 6.81. The molecule has 0 aromatic carbocycles. The van der Waals surface area contributed by atoms with Crippen LogP contribution in [0.1, 0.15) is 40.0 Å². The molecule has 0 aromatic rings. The molecule has 0 spiro atoms. The Morgan fingerprint density at radius 1 is 1.41 bits per heavy atom. The Morgan fingerprint density at radius 2 is 2.12 bits per heavy atom. The Hall–Kier alpha value is -0.610. The van der Waals surface area contributed by atoms with Gasteiger partial charge in [0.1, 0.15) is 0 Å². The van der Waals surface area contributed by atoms with Gasteiger partial charge in [0, 0.05) is 31.5 Å². The zero-order chi connectivity index (χ0) is 12.8. The molecule has 1 fully saturated rings. The average Bonchev–Trinajstić information content (AvgIpc) is 2.36. The smallest absolute Gasteiger partial charge is 0.222 e. The quantitative estimate of drug-likeness (QED) is 0.756. The van der Waals surface area contributed by atoms with Crippen molar-refractivity contribution in [1.29, 1.82) is 0 Å². The number of hydrogen-bond donors (Lipinski definition) is 2. The lowest BCUT2D eigenvalue weighted by molar-refractivity contribution is -0.134. The summed E-state index contributed by atoms with van der Waals surface area (Å²) in [5.41, 5.74) is 0. The van der Waals surface area contributed by atoms with Crippen LogP contribution in [0.3, 0.4) is 0 Å². The third-order valence-corrected chi connectivity index (χ3v) is 3.59. The molecule has 4 heteroatoms. The van der Waals surface area contributed by atoms with Crippen molar-refractivity contribution < 1.29 is 9.90 Å². The number of rotatable bonds is 5. The summed E-state index contributed by atoms with van der Waals surface area (Å²) in [5.74, 6) is 0.411. The molecule has 100 valence electrons. The van der Waals surface area contributed by atoms with Crippen LogP contribution in [-0.4, -0.2) is 47.7 Å². The van der Waals surface area contributed by atoms with Gasteiger partial charge in [-0.25, -0.2) is 0 Å². The van der Waals surface area contributed by atoms with Crippen LogP contribution in [0, 0.1) is 5.92 Å². The number of carbonyl (C=O) groups excluding carboxylic acids is 1. The highest BCUT2D eigenvalue weighted by Gasteiger charge is 2.32. The molecule has 2 N–H and O–H groups in total. The van der Waals surface area contributed by atoms with Gasteiger partial charge in [-0.15, -0.1) is 0 Å². The van der Waals surface area contributed by atoms with E-state index in [-0.39, 0.29) is 17.9 Å². The third-order valence-electron chi connectivity index (χ3n) is 3.59. The van der Waals surface area contributed by atoms with E-state index in [4.69, 9.17) is 0 Å². The van der Waals surface area contributed by atoms with E-state index in [2.05, 4.69) is 12.2 Å². The number of nitrogens with one attached hydrogen (secondary N) is 1. The highest BCUT2D eigenvalue weighted by Crippen LogP contribution is 2.22. The van der Waals surface area contributed by atoms with Crippen LogP contribution in [0.2, 0.25) is 0 Å². The Kier molecular flexibility index (Phi) is 5.92. The summed E-state index contributed by atoms with van der Waals surface area (Å²) in [6.45, 7) is 8.37. The number of hydrogen-bond acceptors (Lipinski definition) is 3. The van der Waals surface area contributed by atoms with E-state index in [9.17, 15) is 9.90 Å². The zero-order valence-electron chi connectivity index (χ0n) is 11.3. The molecule has 0 aromatic heterocycles. The number of amides is 1. The second-order valence-corrected chi connectivity index (χ2v) is 4.88. The molecule has 0 saturated carbocycles. The van der Waals surface area contributed by atoms with Gasteiger partial charge >= 0.3 is 0 Å². The van der Waals surface area contributed by atoms with Crippen LogP contribution < -0.4 is 5.32 Å². The number of nitrogens with zero attached hydrogens (tertiary/aromatic N) is 1. The molecule has 0 aliphatic carbocycles. The van der Waals surface area contributed by atoms with Crippen molar-refractivity contribution in [1.82, 2.24) is 10.2 Å². The van der Waals surface area contributed by atoms with E-state index >= 15 is 0 Å². The van der Waals surface area contributed by atoms with Gasteiger partial charge in [0.2, 0.25) is 5.91 Å². The number of carbonyl (C=O) groups is 1. The van der Waals surface area contributed by atoms with Gasteiger partial charge in [0.05, 0.1) is 6.10 Å². The standard InChI is InChI=1S/C13H26N2O2/c1-4-12(16)10-7-11(14-6-3)9-15(8-10)13(17)5-2/h10-12,14,16H,4-9H2,1-3H3. The third kappa shape index (κ3) is 3.96. The molecule has 1 aliphatic heterocycles. The molecular weight excluding hydrogens is 216 g/mol. The summed E-state index contributed by atoms with van der Waals surface area (Å²) in [4.78, 5) is 13.7. The molecule has 1 aliphatic rings. The van der Waals surface area contributed by atoms with Gasteiger partial charge in [0.15, 0.2) is 0 Å². The van der Waals surface area contributed by atoms with E-state index in [0.29, 0.717) is 19.0 Å². The van der Waals surface area contributed by atoms with E-state index in [0.717, 1.165) is 25.9 Å². The van der Waals surface area contributed by atoms with E-state index in [1.54, 1.807) is 0 Å². The van der Waals surface area contributed by atoms with Crippen LogP contribution in [0.4, 0.5) is 0 Å². The van der Waals surface area contributed by atoms with Crippen LogP contribution >= 0.6 is 0 Å². The lowest BCUT2D eigenvalue weighted by atomic mass is 9.88. The molecule has 4 nitrogen and oxygen atoms in total. The number of piperidine rings is 1. The molecule has 0 radical (unpaired) electrons. The van der Waals surface area contributed by atoms with Crippen LogP contribution in [-0.2, 0) is 4.79 Å². The van der Waals surface area contributed by atoms with Gasteiger partial charge in [-0.3, -0.25) is 4.79 Å². The summed E-state index contributed by atoms with van der Waals surface area (Å²) < 4.78 is 0. The average molecular weight is 242 g/mol. The number of aliphatic hydroxyl groups is 1. The molecule has 3 atom stereocenters. The lowest BCUT2D eigenvalue weighted by Gasteiger charge is -2.39. The highest BCUT2D eigenvalue weighted by molar-refractivity contribution is 5.76. The van der Waals surface area contributed by atoms with Crippen molar-refractivity contribution in [2.45, 2.75) is 52.2 Å². The van der Waals surface area contributed by atoms with Crippen molar-refractivity contribution in [3.63, 3.8) is 0 Å². The molecular formula is C13H26N2O2. The fourth-order valence-corrected chi connectivity index (χ4v) is 2.61. The summed E-state index contributed by atoms with van der Waals surface area (Å²) in [5, 5.41) is 13.4. The predicted octanol–water partition coefficient (Wildman–Crippen LogP) is 0.994. The van der Waals surface area contributed by atoms with Crippen LogP contribution in [0.15, 0.2) is 0 Å². The van der Waals surface area contributed by atoms with E-state index in [1.807, 2.05) is 18.7 Å². The molecule has 1 rings (SSSR count). The summed E-state index contributed by atoms with van der Waals surface area (Å²) in [6.07, 6.45) is 1.99. The van der Waals surface area contributed by atoms with Gasteiger partial charge < -0.3 is 15.3 Å². The molecule has 1 amide bonds. The summed E-state index contributed by atoms with van der Waals surface area (Å²) >= 11 is 0. The molecule has 1 saturated heterocycles. The van der Waals surface area contributed by atoms with Gasteiger partial charge in [0.25, 0.3) is 0 Å². The molecule has 3 unspecified atom stereocenters. The minimum absolute atomic E-state index is 0.195. The first kappa shape index (κ1) is 14.5. The topological polar surface area (TPSA) is 52.6 Å². The SMILES string of the molecule is CCNC1CC(C(O)CC)CN(C(=O)CC)C1. The van der Waals surface area contributed by atoms with E-state index in [1.165, 1.54) is 0 Å². The van der Waals surface area contributed by atoms with Gasteiger partial charge in [-0.2, -0.15) is 0 Å². The normalized spacial score (nSPS) is 26.9. The first-order chi connectivity index (χ1) is 8.12. The number of aliphatic hydroxyl groups excluding tert-OH is 1. The molecule has 17 heavy (non-hydrogen) atoms. The largest absolute Gasteiger partial charge is 0.393 e. The van der Waals surface area contributed by atoms with Crippen LogP contribution in [0.25, 0.3) is 0 Å². The Labute approximate surface area is 104 Å². The van der Waals surface area contributed by atoms with Crippen LogP contribution in [0.5, 0.6) is 0 Å². The first-order valence-electron chi connectivity index (χ1n) is 6.81. The van der Waals surface area contributed by atoms with Crippen molar-refractivity contribution in [2.24, 2.45) is 5.92 Å². The molecule has 1 heterocycles. The maximum absolute atomic E-state index is 11.8. The number of likely N-dealkylation sites (N-methyl/N-ethyl adjacent to an activating group) is 1. The Balaban J connectivity index is 2.65. The summed E-state index contributed by atoms with van der Waals surface area (Å²) in [7, 11) is 0. The van der Waals surface area contributed by atoms with E-state index < -0.39 is 0 Å². The molecule has 0 bridgehead atoms. The second kappa shape index (κ2) is 6.97. The lowest BCUT2D eigenvalue weighted by Crippen LogP contribution is -2.53. The van der Waals surface area contributed by atoms with Crippen molar-refractivity contribution in [3.8, 4) is 0 Å². The summed E-state index contributed by atoms with van der Waals surface area (Å²) in [6, 6.07) is 0.329. The fourth-order valence-electron chi connectivity index (χ4n) is 2.61. The maximum Gasteiger partial charge on any atom is 0.222 e. The predicted molar refractivity (Wildman–Crippen MR) is 68.7 cm³/mol. The van der Waals surface area contributed by atoms with Gasteiger partial charge in [-0.05, 0) is 19.4 Å². The van der Waals surface area contributed by atoms with Crippen molar-refractivity contribution >= 4 is 5.91 Å². The Bertz CT molecular complexity index is 246. The minimum atomic E-state index is -0.288. The maximum atomic E-state index is 11.8. The second-order valence-electron chi connectivity index (χ2n) is 4.88. The highest BCUT2D eigenvalue weighted by atomic mass is 16.3. The van der Waals surface area contributed by atoms with Crippen molar-refractivity contribution in [2.75, 3.05) is 19.6 Å². The zero-order valence-corrected chi connectivity index (χ0v) is 11.3. The number of likely N-dealkylation sites (tertiary alicyclic amines) is 1. The fraction of sp³-hybridized carbons (Fsp3) is 0.923.